The number of Topliss-reactive ketones (excluding diaryl/α,β-unsaturated/α-hetero) is 1. The Morgan fingerprint density at radius 3 is 2.10 bits per heavy atom. The minimum atomic E-state index is 0.208. The Kier molecular flexibility index (Phi) is 1.59. The van der Waals surface area contributed by atoms with E-state index in [0.717, 1.165) is 12.8 Å². The molecule has 3 saturated carbocycles. The van der Waals surface area contributed by atoms with Gasteiger partial charge in [0.05, 0.1) is 4.83 Å². The maximum atomic E-state index is 11.3. The second kappa shape index (κ2) is 2.33. The Bertz CT molecular complexity index is 155. The maximum Gasteiger partial charge on any atom is 0.149 e. The van der Waals surface area contributed by atoms with Gasteiger partial charge in [-0.1, -0.05) is 15.9 Å². The molecule has 0 saturated heterocycles. The minimum absolute atomic E-state index is 0.208. The van der Waals surface area contributed by atoms with Crippen molar-refractivity contribution < 1.29 is 4.79 Å². The van der Waals surface area contributed by atoms with E-state index >= 15 is 0 Å². The SMILES string of the molecule is O=C1C2CCC(CC2)[C@@H]1Br. The standard InChI is InChI=1S/C8H11BrO/c9-7-5-1-3-6(4-2-5)8(7)10/h5-7H,1-4H2/t5?,6?,7-/m0/s1. The predicted octanol–water partition coefficient (Wildman–Crippen LogP) is 2.14. The number of carbonyl (C=O) groups is 1. The molecule has 0 aromatic heterocycles. The summed E-state index contributed by atoms with van der Waals surface area (Å²) in [6, 6.07) is 0. The molecule has 2 bridgehead atoms. The van der Waals surface area contributed by atoms with E-state index in [4.69, 9.17) is 0 Å². The number of hydrogen-bond acceptors (Lipinski definition) is 1. The highest BCUT2D eigenvalue weighted by Gasteiger charge is 2.40. The molecule has 0 heterocycles. The molecule has 3 rings (SSSR count). The van der Waals surface area contributed by atoms with E-state index in [1.165, 1.54) is 12.8 Å². The molecule has 0 aliphatic heterocycles. The number of rotatable bonds is 0. The second-order valence-corrected chi connectivity index (χ2v) is 4.40. The van der Waals surface area contributed by atoms with E-state index in [1.54, 1.807) is 0 Å². The molecular formula is C8H11BrO. The van der Waals surface area contributed by atoms with Gasteiger partial charge in [-0.3, -0.25) is 4.79 Å². The van der Waals surface area contributed by atoms with Crippen molar-refractivity contribution in [1.82, 2.24) is 0 Å². The molecule has 10 heavy (non-hydrogen) atoms. The molecular weight excluding hydrogens is 192 g/mol. The van der Waals surface area contributed by atoms with Crippen LogP contribution in [-0.2, 0) is 4.79 Å². The Balaban J connectivity index is 2.20. The molecule has 0 N–H and O–H groups in total. The molecule has 1 nitrogen and oxygen atoms in total. The smallest absolute Gasteiger partial charge is 0.149 e. The minimum Gasteiger partial charge on any atom is -0.298 e. The first-order valence-corrected chi connectivity index (χ1v) is 4.88. The topological polar surface area (TPSA) is 17.1 Å². The fourth-order valence-corrected chi connectivity index (χ4v) is 3.06. The molecule has 0 spiro atoms. The van der Waals surface area contributed by atoms with Crippen molar-refractivity contribution in [3.63, 3.8) is 0 Å². The summed E-state index contributed by atoms with van der Waals surface area (Å²) in [6.07, 6.45) is 4.86. The van der Waals surface area contributed by atoms with Gasteiger partial charge < -0.3 is 0 Å². The Labute approximate surface area is 69.3 Å². The summed E-state index contributed by atoms with van der Waals surface area (Å²) in [5.41, 5.74) is 0. The first-order chi connectivity index (χ1) is 4.79. The van der Waals surface area contributed by atoms with Gasteiger partial charge in [-0.05, 0) is 31.6 Å². The van der Waals surface area contributed by atoms with Crippen LogP contribution in [0.3, 0.4) is 0 Å². The van der Waals surface area contributed by atoms with E-state index in [2.05, 4.69) is 15.9 Å². The second-order valence-electron chi connectivity index (χ2n) is 3.42. The summed E-state index contributed by atoms with van der Waals surface area (Å²) < 4.78 is 0. The lowest BCUT2D eigenvalue weighted by Crippen LogP contribution is -2.40. The van der Waals surface area contributed by atoms with Gasteiger partial charge >= 0.3 is 0 Å². The lowest BCUT2D eigenvalue weighted by Gasteiger charge is -2.38. The molecule has 0 amide bonds. The van der Waals surface area contributed by atoms with E-state index in [9.17, 15) is 4.79 Å². The normalized spacial score (nSPS) is 46.1. The van der Waals surface area contributed by atoms with Gasteiger partial charge in [-0.2, -0.15) is 0 Å². The number of fused-ring (bicyclic) bond motifs is 3. The van der Waals surface area contributed by atoms with Gasteiger partial charge in [0.15, 0.2) is 0 Å². The third kappa shape index (κ3) is 0.849. The van der Waals surface area contributed by atoms with E-state index in [0.29, 0.717) is 17.6 Å². The highest BCUT2D eigenvalue weighted by molar-refractivity contribution is 9.10. The monoisotopic (exact) mass is 202 g/mol. The average Bonchev–Trinajstić information content (AvgIpc) is 2.00. The van der Waals surface area contributed by atoms with Crippen LogP contribution in [0.5, 0.6) is 0 Å². The zero-order valence-electron chi connectivity index (χ0n) is 5.85. The zero-order chi connectivity index (χ0) is 7.14. The van der Waals surface area contributed by atoms with Crippen LogP contribution in [0.25, 0.3) is 0 Å². The van der Waals surface area contributed by atoms with Gasteiger partial charge in [0.25, 0.3) is 0 Å². The molecule has 0 unspecified atom stereocenters. The van der Waals surface area contributed by atoms with Gasteiger partial charge in [-0.15, -0.1) is 0 Å². The van der Waals surface area contributed by atoms with Crippen LogP contribution in [0, 0.1) is 11.8 Å². The van der Waals surface area contributed by atoms with Crippen molar-refractivity contribution in [2.45, 2.75) is 30.5 Å². The van der Waals surface area contributed by atoms with Crippen LogP contribution in [0.2, 0.25) is 0 Å². The molecule has 0 aromatic carbocycles. The van der Waals surface area contributed by atoms with Crippen LogP contribution in [0.4, 0.5) is 0 Å². The lowest BCUT2D eigenvalue weighted by atomic mass is 9.70. The van der Waals surface area contributed by atoms with Crippen molar-refractivity contribution in [2.75, 3.05) is 0 Å². The number of halogens is 1. The lowest BCUT2D eigenvalue weighted by molar-refractivity contribution is -0.127. The fourth-order valence-electron chi connectivity index (χ4n) is 2.15. The molecule has 3 fully saturated rings. The summed E-state index contributed by atoms with van der Waals surface area (Å²) >= 11 is 3.46. The highest BCUT2D eigenvalue weighted by Crippen LogP contribution is 2.41. The van der Waals surface area contributed by atoms with Crippen molar-refractivity contribution in [2.24, 2.45) is 11.8 Å². The largest absolute Gasteiger partial charge is 0.298 e. The predicted molar refractivity (Wildman–Crippen MR) is 43.2 cm³/mol. The van der Waals surface area contributed by atoms with Crippen LogP contribution in [0.15, 0.2) is 0 Å². The third-order valence-electron chi connectivity index (χ3n) is 2.86. The molecule has 3 aliphatic carbocycles. The Morgan fingerprint density at radius 1 is 1.20 bits per heavy atom. The zero-order valence-corrected chi connectivity index (χ0v) is 7.43. The molecule has 56 valence electrons. The van der Waals surface area contributed by atoms with Crippen LogP contribution < -0.4 is 0 Å². The first kappa shape index (κ1) is 6.84. The van der Waals surface area contributed by atoms with Gasteiger partial charge in [-0.25, -0.2) is 0 Å². The van der Waals surface area contributed by atoms with Crippen molar-refractivity contribution >= 4 is 21.7 Å². The molecule has 0 aromatic rings. The van der Waals surface area contributed by atoms with Crippen LogP contribution in [-0.4, -0.2) is 10.6 Å². The molecule has 2 heteroatoms. The molecule has 3 aliphatic rings. The summed E-state index contributed by atoms with van der Waals surface area (Å²) in [4.78, 5) is 11.5. The Morgan fingerprint density at radius 2 is 1.80 bits per heavy atom. The number of hydrogen-bond donors (Lipinski definition) is 0. The average molecular weight is 203 g/mol. The maximum absolute atomic E-state index is 11.3. The number of ketones is 1. The fraction of sp³-hybridized carbons (Fsp3) is 0.875. The quantitative estimate of drug-likeness (QED) is 0.551. The van der Waals surface area contributed by atoms with Crippen LogP contribution >= 0.6 is 15.9 Å². The van der Waals surface area contributed by atoms with Gasteiger partial charge in [0, 0.05) is 5.92 Å². The Hall–Kier alpha value is 0.150. The molecule has 0 radical (unpaired) electrons. The van der Waals surface area contributed by atoms with Crippen molar-refractivity contribution in [3.8, 4) is 0 Å². The summed E-state index contributed by atoms with van der Waals surface area (Å²) in [5.74, 6) is 1.55. The van der Waals surface area contributed by atoms with Gasteiger partial charge in [0.2, 0.25) is 0 Å². The van der Waals surface area contributed by atoms with Crippen molar-refractivity contribution in [3.05, 3.63) is 0 Å². The summed E-state index contributed by atoms with van der Waals surface area (Å²) in [7, 11) is 0. The highest BCUT2D eigenvalue weighted by atomic mass is 79.9. The summed E-state index contributed by atoms with van der Waals surface area (Å²) in [5, 5.41) is 0. The number of alkyl halides is 1. The van der Waals surface area contributed by atoms with E-state index in [1.807, 2.05) is 0 Å². The van der Waals surface area contributed by atoms with Gasteiger partial charge in [0.1, 0.15) is 5.78 Å². The van der Waals surface area contributed by atoms with Crippen LogP contribution in [0.1, 0.15) is 25.7 Å². The molecule has 1 atom stereocenters. The first-order valence-electron chi connectivity index (χ1n) is 3.97. The van der Waals surface area contributed by atoms with Crippen molar-refractivity contribution in [1.29, 1.82) is 0 Å². The third-order valence-corrected chi connectivity index (χ3v) is 4.06. The van der Waals surface area contributed by atoms with E-state index < -0.39 is 0 Å². The number of carbonyl (C=O) groups excluding carboxylic acids is 1. The van der Waals surface area contributed by atoms with E-state index in [-0.39, 0.29) is 4.83 Å². The summed E-state index contributed by atoms with van der Waals surface area (Å²) in [6.45, 7) is 0.